The van der Waals surface area contributed by atoms with Gasteiger partial charge in [0.15, 0.2) is 0 Å². The number of hydrogen-bond acceptors (Lipinski definition) is 1. The van der Waals surface area contributed by atoms with Crippen molar-refractivity contribution in [3.05, 3.63) is 95.0 Å². The van der Waals surface area contributed by atoms with Gasteiger partial charge >= 0.3 is 0 Å². The first-order valence-electron chi connectivity index (χ1n) is 9.95. The number of nitrogen functional groups attached to an aromatic ring is 1. The molecule has 0 fully saturated rings. The maximum atomic E-state index is 5.93. The van der Waals surface area contributed by atoms with Crippen LogP contribution in [0.15, 0.2) is 78.9 Å². The lowest BCUT2D eigenvalue weighted by Gasteiger charge is -2.22. The number of nitrogens with zero attached hydrogens (tertiary/aromatic N) is 1. The average molecular weight is 364 g/mol. The maximum Gasteiger partial charge on any atom is 0.0540 e. The third kappa shape index (κ3) is 2.73. The van der Waals surface area contributed by atoms with Gasteiger partial charge in [0.05, 0.1) is 10.9 Å². The summed E-state index contributed by atoms with van der Waals surface area (Å²) in [6.45, 7) is 2.34. The van der Waals surface area contributed by atoms with E-state index in [0.29, 0.717) is 11.8 Å². The number of para-hydroxylation sites is 1. The topological polar surface area (TPSA) is 30.9 Å². The molecule has 0 bridgehead atoms. The molecule has 2 atom stereocenters. The van der Waals surface area contributed by atoms with E-state index in [1.54, 1.807) is 0 Å². The fraction of sp³-hybridized carbons (Fsp3) is 0.154. The normalized spacial score (nSPS) is 16.8. The number of benzene rings is 3. The lowest BCUT2D eigenvalue weighted by molar-refractivity contribution is 0.581. The third-order valence-electron chi connectivity index (χ3n) is 6.04. The van der Waals surface area contributed by atoms with E-state index in [2.05, 4.69) is 90.4 Å². The Hall–Kier alpha value is -3.26. The maximum absolute atomic E-state index is 5.93. The smallest absolute Gasteiger partial charge is 0.0540 e. The van der Waals surface area contributed by atoms with Gasteiger partial charge in [-0.25, -0.2) is 0 Å². The molecule has 1 heterocycles. The van der Waals surface area contributed by atoms with Gasteiger partial charge in [0, 0.05) is 22.0 Å². The van der Waals surface area contributed by atoms with Crippen molar-refractivity contribution < 1.29 is 0 Å². The summed E-state index contributed by atoms with van der Waals surface area (Å²) < 4.78 is 2.38. The second-order valence-corrected chi connectivity index (χ2v) is 7.71. The van der Waals surface area contributed by atoms with Crippen molar-refractivity contribution >= 4 is 28.7 Å². The molecule has 0 amide bonds. The summed E-state index contributed by atoms with van der Waals surface area (Å²) in [5.74, 6) is 0.954. The SMILES string of the molecule is CC(c1ccccc1)C1C=c2c(c3ccccc3n2-c2ccc(N)cc2)=CC1. The van der Waals surface area contributed by atoms with Crippen molar-refractivity contribution in [2.75, 3.05) is 5.73 Å². The number of nitrogens with two attached hydrogens (primary N) is 1. The zero-order chi connectivity index (χ0) is 19.1. The monoisotopic (exact) mass is 364 g/mol. The summed E-state index contributed by atoms with van der Waals surface area (Å²) in [6, 6.07) is 27.7. The molecule has 2 N–H and O–H groups in total. The first-order chi connectivity index (χ1) is 13.7. The molecule has 2 unspecified atom stereocenters. The Morgan fingerprint density at radius 2 is 1.61 bits per heavy atom. The molecule has 0 saturated carbocycles. The summed E-state index contributed by atoms with van der Waals surface area (Å²) in [7, 11) is 0. The van der Waals surface area contributed by atoms with Gasteiger partial charge in [-0.1, -0.05) is 67.6 Å². The molecule has 0 radical (unpaired) electrons. The van der Waals surface area contributed by atoms with Crippen LogP contribution in [0.25, 0.3) is 28.7 Å². The Balaban J connectivity index is 1.73. The minimum Gasteiger partial charge on any atom is -0.399 e. The Kier molecular flexibility index (Phi) is 4.05. The van der Waals surface area contributed by atoms with Crippen molar-refractivity contribution in [3.63, 3.8) is 0 Å². The molecule has 138 valence electrons. The van der Waals surface area contributed by atoms with Crippen LogP contribution in [0.1, 0.15) is 24.8 Å². The lowest BCUT2D eigenvalue weighted by Crippen LogP contribution is -2.33. The van der Waals surface area contributed by atoms with Gasteiger partial charge in [-0.2, -0.15) is 0 Å². The van der Waals surface area contributed by atoms with Gasteiger partial charge in [-0.3, -0.25) is 0 Å². The molecule has 1 aliphatic carbocycles. The van der Waals surface area contributed by atoms with Gasteiger partial charge in [0.1, 0.15) is 0 Å². The molecule has 0 spiro atoms. The molecule has 28 heavy (non-hydrogen) atoms. The minimum atomic E-state index is 0.475. The van der Waals surface area contributed by atoms with Crippen LogP contribution in [0.2, 0.25) is 0 Å². The molecule has 1 aliphatic rings. The van der Waals surface area contributed by atoms with Crippen molar-refractivity contribution in [2.24, 2.45) is 5.92 Å². The number of anilines is 1. The molecule has 5 rings (SSSR count). The summed E-state index contributed by atoms with van der Waals surface area (Å²) in [5.41, 5.74) is 10.5. The highest BCUT2D eigenvalue weighted by Gasteiger charge is 2.20. The van der Waals surface area contributed by atoms with Crippen LogP contribution in [0.4, 0.5) is 5.69 Å². The van der Waals surface area contributed by atoms with E-state index in [0.717, 1.165) is 17.8 Å². The van der Waals surface area contributed by atoms with Crippen LogP contribution in [-0.2, 0) is 0 Å². The molecule has 1 aromatic heterocycles. The van der Waals surface area contributed by atoms with Crippen molar-refractivity contribution in [1.29, 1.82) is 0 Å². The third-order valence-corrected chi connectivity index (χ3v) is 6.04. The van der Waals surface area contributed by atoms with E-state index >= 15 is 0 Å². The summed E-state index contributed by atoms with van der Waals surface area (Å²) >= 11 is 0. The summed E-state index contributed by atoms with van der Waals surface area (Å²) in [5, 5.41) is 3.96. The van der Waals surface area contributed by atoms with E-state index in [1.807, 2.05) is 12.1 Å². The molecular weight excluding hydrogens is 340 g/mol. The zero-order valence-electron chi connectivity index (χ0n) is 16.0. The lowest BCUT2D eigenvalue weighted by atomic mass is 9.83. The minimum absolute atomic E-state index is 0.475. The van der Waals surface area contributed by atoms with E-state index in [-0.39, 0.29) is 0 Å². The predicted octanol–water partition coefficient (Wildman–Crippen LogP) is 4.60. The van der Waals surface area contributed by atoms with Crippen LogP contribution < -0.4 is 16.3 Å². The fourth-order valence-corrected chi connectivity index (χ4v) is 4.44. The van der Waals surface area contributed by atoms with Crippen LogP contribution in [0, 0.1) is 5.92 Å². The summed E-state index contributed by atoms with van der Waals surface area (Å²) in [4.78, 5) is 0. The Bertz CT molecular complexity index is 1250. The Morgan fingerprint density at radius 1 is 0.893 bits per heavy atom. The second kappa shape index (κ2) is 6.72. The van der Waals surface area contributed by atoms with Gasteiger partial charge in [0.25, 0.3) is 0 Å². The molecular formula is C26H24N2. The van der Waals surface area contributed by atoms with Gasteiger partial charge in [0.2, 0.25) is 0 Å². The number of aromatic nitrogens is 1. The number of hydrogen-bond donors (Lipinski definition) is 1. The van der Waals surface area contributed by atoms with Crippen molar-refractivity contribution in [1.82, 2.24) is 4.57 Å². The van der Waals surface area contributed by atoms with E-state index in [1.165, 1.54) is 27.0 Å². The molecule has 2 heteroatoms. The van der Waals surface area contributed by atoms with E-state index in [9.17, 15) is 0 Å². The molecule has 4 aromatic rings. The van der Waals surface area contributed by atoms with Crippen LogP contribution in [-0.4, -0.2) is 4.57 Å². The van der Waals surface area contributed by atoms with Crippen LogP contribution >= 0.6 is 0 Å². The average Bonchev–Trinajstić information content (AvgIpc) is 3.08. The van der Waals surface area contributed by atoms with Crippen molar-refractivity contribution in [3.8, 4) is 5.69 Å². The largest absolute Gasteiger partial charge is 0.399 e. The highest BCUT2D eigenvalue weighted by molar-refractivity contribution is 5.84. The van der Waals surface area contributed by atoms with Crippen LogP contribution in [0.3, 0.4) is 0 Å². The Morgan fingerprint density at radius 3 is 2.39 bits per heavy atom. The first kappa shape index (κ1) is 16.9. The van der Waals surface area contributed by atoms with E-state index < -0.39 is 0 Å². The Labute approximate surface area is 165 Å². The van der Waals surface area contributed by atoms with Gasteiger partial charge in [-0.15, -0.1) is 0 Å². The molecule has 2 nitrogen and oxygen atoms in total. The van der Waals surface area contributed by atoms with Crippen molar-refractivity contribution in [2.45, 2.75) is 19.3 Å². The predicted molar refractivity (Wildman–Crippen MR) is 119 cm³/mol. The van der Waals surface area contributed by atoms with Gasteiger partial charge in [-0.05, 0) is 54.2 Å². The zero-order valence-corrected chi connectivity index (χ0v) is 16.0. The highest BCUT2D eigenvalue weighted by atomic mass is 15.0. The van der Waals surface area contributed by atoms with Gasteiger partial charge < -0.3 is 10.3 Å². The number of fused-ring (bicyclic) bond motifs is 3. The van der Waals surface area contributed by atoms with Crippen LogP contribution in [0.5, 0.6) is 0 Å². The highest BCUT2D eigenvalue weighted by Crippen LogP contribution is 2.30. The first-order valence-corrected chi connectivity index (χ1v) is 9.95. The molecule has 0 saturated heterocycles. The fourth-order valence-electron chi connectivity index (χ4n) is 4.44. The second-order valence-electron chi connectivity index (χ2n) is 7.71. The van der Waals surface area contributed by atoms with E-state index in [4.69, 9.17) is 5.73 Å². The number of rotatable bonds is 3. The standard InChI is InChI=1S/C26H24N2/c1-18(19-7-3-2-4-8-19)20-11-16-24-23-9-5-6-10-25(23)28(26(24)17-20)22-14-12-21(27)13-15-22/h2-10,12-18,20H,11,27H2,1H3. The quantitative estimate of drug-likeness (QED) is 0.529. The molecule has 3 aromatic carbocycles. The molecule has 0 aliphatic heterocycles. The summed E-state index contributed by atoms with van der Waals surface area (Å²) in [6.07, 6.45) is 5.97.